The summed E-state index contributed by atoms with van der Waals surface area (Å²) in [4.78, 5) is 12.1. The topological polar surface area (TPSA) is 73.0 Å². The molecule has 3 rings (SSSR count). The van der Waals surface area contributed by atoms with Gasteiger partial charge in [-0.1, -0.05) is 55.9 Å². The van der Waals surface area contributed by atoms with Crippen molar-refractivity contribution in [1.29, 1.82) is 0 Å². The van der Waals surface area contributed by atoms with Crippen LogP contribution >= 0.6 is 11.8 Å². The van der Waals surface area contributed by atoms with Gasteiger partial charge >= 0.3 is 0 Å². The molecular weight excluding hydrogens is 372 g/mol. The molecule has 7 heteroatoms. The van der Waals surface area contributed by atoms with Crippen molar-refractivity contribution in [1.82, 2.24) is 20.1 Å². The average molecular weight is 399 g/mol. The molecule has 0 aliphatic heterocycles. The summed E-state index contributed by atoms with van der Waals surface area (Å²) in [5.41, 5.74) is 1.29. The summed E-state index contributed by atoms with van der Waals surface area (Å²) < 4.78 is 7.38. The van der Waals surface area contributed by atoms with Crippen molar-refractivity contribution in [2.24, 2.45) is 5.92 Å². The highest BCUT2D eigenvalue weighted by molar-refractivity contribution is 7.99. The fourth-order valence-electron chi connectivity index (χ4n) is 2.84. The molecule has 0 bridgehead atoms. The molecule has 28 heavy (non-hydrogen) atoms. The quantitative estimate of drug-likeness (QED) is 0.527. The average Bonchev–Trinajstić information content (AvgIpc) is 3.34. The highest BCUT2D eigenvalue weighted by Crippen LogP contribution is 2.19. The molecule has 0 unspecified atom stereocenters. The second kappa shape index (κ2) is 10.1. The lowest BCUT2D eigenvalue weighted by Crippen LogP contribution is -2.24. The second-order valence-corrected chi connectivity index (χ2v) is 7.98. The van der Waals surface area contributed by atoms with Crippen LogP contribution in [0.25, 0.3) is 0 Å². The molecule has 2 aromatic heterocycles. The van der Waals surface area contributed by atoms with E-state index in [1.54, 1.807) is 6.26 Å². The van der Waals surface area contributed by atoms with Crippen LogP contribution in [0.5, 0.6) is 0 Å². The molecule has 6 nitrogen and oxygen atoms in total. The first-order valence-corrected chi connectivity index (χ1v) is 10.5. The standard InChI is InChI=1S/C21H26N4O2S/c1-16(2)14-25-19(11-10-17-7-4-3-5-8-17)23-24-21(25)28-15-20(26)22-13-18-9-6-12-27-18/h3-9,12,16H,10-11,13-15H2,1-2H3,(H,22,26). The molecular formula is C21H26N4O2S. The zero-order valence-electron chi connectivity index (χ0n) is 16.3. The van der Waals surface area contributed by atoms with Crippen molar-refractivity contribution in [2.75, 3.05) is 5.75 Å². The molecule has 0 aliphatic rings. The Morgan fingerprint density at radius 3 is 2.68 bits per heavy atom. The maximum Gasteiger partial charge on any atom is 0.230 e. The third-order valence-corrected chi connectivity index (χ3v) is 5.16. The summed E-state index contributed by atoms with van der Waals surface area (Å²) >= 11 is 1.42. The van der Waals surface area contributed by atoms with Gasteiger partial charge in [-0.25, -0.2) is 0 Å². The van der Waals surface area contributed by atoms with E-state index >= 15 is 0 Å². The largest absolute Gasteiger partial charge is 0.467 e. The van der Waals surface area contributed by atoms with Crippen LogP contribution < -0.4 is 5.32 Å². The predicted molar refractivity (Wildman–Crippen MR) is 110 cm³/mol. The summed E-state index contributed by atoms with van der Waals surface area (Å²) in [5, 5.41) is 12.4. The van der Waals surface area contributed by atoms with Gasteiger partial charge in [-0.05, 0) is 30.0 Å². The number of aromatic nitrogens is 3. The Labute approximate surface area is 169 Å². The number of thioether (sulfide) groups is 1. The third-order valence-electron chi connectivity index (χ3n) is 4.19. The van der Waals surface area contributed by atoms with Gasteiger partial charge in [0.2, 0.25) is 5.91 Å². The van der Waals surface area contributed by atoms with Crippen molar-refractivity contribution in [3.05, 3.63) is 65.9 Å². The van der Waals surface area contributed by atoms with Gasteiger partial charge < -0.3 is 14.3 Å². The third kappa shape index (κ3) is 5.99. The van der Waals surface area contributed by atoms with Crippen LogP contribution in [0, 0.1) is 5.92 Å². The molecule has 1 amide bonds. The molecule has 2 heterocycles. The first-order chi connectivity index (χ1) is 13.6. The van der Waals surface area contributed by atoms with Crippen LogP contribution in [0.2, 0.25) is 0 Å². The van der Waals surface area contributed by atoms with Gasteiger partial charge in [-0.3, -0.25) is 4.79 Å². The highest BCUT2D eigenvalue weighted by Gasteiger charge is 2.15. The molecule has 1 N–H and O–H groups in total. The molecule has 0 fully saturated rings. The highest BCUT2D eigenvalue weighted by atomic mass is 32.2. The molecule has 3 aromatic rings. The summed E-state index contributed by atoms with van der Waals surface area (Å²) in [7, 11) is 0. The zero-order chi connectivity index (χ0) is 19.8. The van der Waals surface area contributed by atoms with E-state index in [-0.39, 0.29) is 5.91 Å². The summed E-state index contributed by atoms with van der Waals surface area (Å²) in [6.07, 6.45) is 3.35. The van der Waals surface area contributed by atoms with Gasteiger partial charge in [0.15, 0.2) is 5.16 Å². The maximum atomic E-state index is 12.1. The molecule has 0 spiro atoms. The lowest BCUT2D eigenvalue weighted by molar-refractivity contribution is -0.118. The first-order valence-electron chi connectivity index (χ1n) is 9.49. The Morgan fingerprint density at radius 1 is 1.14 bits per heavy atom. The molecule has 1 aromatic carbocycles. The van der Waals surface area contributed by atoms with Gasteiger partial charge in [0, 0.05) is 13.0 Å². The minimum atomic E-state index is -0.0497. The minimum absolute atomic E-state index is 0.0497. The van der Waals surface area contributed by atoms with Crippen LogP contribution in [-0.2, 0) is 30.7 Å². The van der Waals surface area contributed by atoms with Crippen LogP contribution in [-0.4, -0.2) is 26.4 Å². The number of hydrogen-bond acceptors (Lipinski definition) is 5. The number of aryl methyl sites for hydroxylation is 2. The molecule has 0 atom stereocenters. The van der Waals surface area contributed by atoms with E-state index in [9.17, 15) is 4.79 Å². The Morgan fingerprint density at radius 2 is 1.96 bits per heavy atom. The summed E-state index contributed by atoms with van der Waals surface area (Å²) in [5.74, 6) is 2.43. The minimum Gasteiger partial charge on any atom is -0.467 e. The lowest BCUT2D eigenvalue weighted by atomic mass is 10.1. The van der Waals surface area contributed by atoms with Crippen LogP contribution in [0.3, 0.4) is 0 Å². The normalized spacial score (nSPS) is 11.1. The Hall–Kier alpha value is -2.54. The summed E-state index contributed by atoms with van der Waals surface area (Å²) in [6, 6.07) is 14.0. The number of hydrogen-bond donors (Lipinski definition) is 1. The number of rotatable bonds is 10. The smallest absolute Gasteiger partial charge is 0.230 e. The van der Waals surface area contributed by atoms with Crippen molar-refractivity contribution >= 4 is 17.7 Å². The van der Waals surface area contributed by atoms with E-state index in [4.69, 9.17) is 4.42 Å². The van der Waals surface area contributed by atoms with Crippen LogP contribution in [0.1, 0.15) is 31.0 Å². The number of carbonyl (C=O) groups excluding carboxylic acids is 1. The molecule has 0 radical (unpaired) electrons. The van der Waals surface area contributed by atoms with Crippen molar-refractivity contribution in [3.63, 3.8) is 0 Å². The van der Waals surface area contributed by atoms with E-state index in [2.05, 4.69) is 58.2 Å². The Kier molecular flexibility index (Phi) is 7.31. The van der Waals surface area contributed by atoms with Gasteiger partial charge in [-0.2, -0.15) is 0 Å². The number of carbonyl (C=O) groups is 1. The first kappa shape index (κ1) is 20.2. The molecule has 0 saturated heterocycles. The Bertz CT molecular complexity index is 860. The number of nitrogens with one attached hydrogen (secondary N) is 1. The fraction of sp³-hybridized carbons (Fsp3) is 0.381. The number of furan rings is 1. The van der Waals surface area contributed by atoms with Crippen molar-refractivity contribution < 1.29 is 9.21 Å². The van der Waals surface area contributed by atoms with Gasteiger partial charge in [-0.15, -0.1) is 10.2 Å². The fourth-order valence-corrected chi connectivity index (χ4v) is 3.64. The molecule has 0 saturated carbocycles. The number of benzene rings is 1. The lowest BCUT2D eigenvalue weighted by Gasteiger charge is -2.12. The number of nitrogens with zero attached hydrogens (tertiary/aromatic N) is 3. The van der Waals surface area contributed by atoms with Gasteiger partial charge in [0.1, 0.15) is 11.6 Å². The van der Waals surface area contributed by atoms with E-state index in [0.717, 1.165) is 36.1 Å². The molecule has 148 valence electrons. The number of amides is 1. The maximum absolute atomic E-state index is 12.1. The van der Waals surface area contributed by atoms with Crippen molar-refractivity contribution in [3.8, 4) is 0 Å². The van der Waals surface area contributed by atoms with E-state index in [1.807, 2.05) is 18.2 Å². The second-order valence-electron chi connectivity index (χ2n) is 7.03. The molecule has 0 aliphatic carbocycles. The van der Waals surface area contributed by atoms with Gasteiger partial charge in [0.25, 0.3) is 0 Å². The predicted octanol–water partition coefficient (Wildman–Crippen LogP) is 3.72. The van der Waals surface area contributed by atoms with Crippen LogP contribution in [0.4, 0.5) is 0 Å². The monoisotopic (exact) mass is 398 g/mol. The van der Waals surface area contributed by atoms with E-state index in [1.165, 1.54) is 17.3 Å². The van der Waals surface area contributed by atoms with E-state index < -0.39 is 0 Å². The Balaban J connectivity index is 1.58. The summed E-state index contributed by atoms with van der Waals surface area (Å²) in [6.45, 7) is 5.58. The zero-order valence-corrected chi connectivity index (χ0v) is 17.1. The SMILES string of the molecule is CC(C)Cn1c(CCc2ccccc2)nnc1SCC(=O)NCc1ccco1. The van der Waals surface area contributed by atoms with Crippen molar-refractivity contribution in [2.45, 2.75) is 44.9 Å². The van der Waals surface area contributed by atoms with E-state index in [0.29, 0.717) is 18.2 Å². The van der Waals surface area contributed by atoms with Crippen LogP contribution in [0.15, 0.2) is 58.3 Å². The van der Waals surface area contributed by atoms with Gasteiger partial charge in [0.05, 0.1) is 18.6 Å².